The number of hydrogen-bond donors (Lipinski definition) is 1. The molecule has 0 aromatic carbocycles. The zero-order valence-electron chi connectivity index (χ0n) is 11.4. The Kier molecular flexibility index (Phi) is 2.79. The van der Waals surface area contributed by atoms with E-state index in [1.807, 2.05) is 0 Å². The van der Waals surface area contributed by atoms with Crippen molar-refractivity contribution < 1.29 is 4.84 Å². The van der Waals surface area contributed by atoms with Crippen LogP contribution in [0.25, 0.3) is 0 Å². The molecule has 0 saturated heterocycles. The van der Waals surface area contributed by atoms with Crippen molar-refractivity contribution in [3.63, 3.8) is 0 Å². The Morgan fingerprint density at radius 2 is 1.53 bits per heavy atom. The van der Waals surface area contributed by atoms with Crippen LogP contribution in [0, 0.1) is 28.6 Å². The Morgan fingerprint density at radius 1 is 1.06 bits per heavy atom. The maximum absolute atomic E-state index is 5.28. The van der Waals surface area contributed by atoms with Gasteiger partial charge >= 0.3 is 0 Å². The van der Waals surface area contributed by atoms with Crippen molar-refractivity contribution in [3.8, 4) is 0 Å². The second kappa shape index (κ2) is 3.96. The van der Waals surface area contributed by atoms with E-state index in [1.54, 1.807) is 0 Å². The molecule has 4 saturated carbocycles. The predicted molar refractivity (Wildman–Crippen MR) is 69.1 cm³/mol. The van der Waals surface area contributed by atoms with Crippen LogP contribution in [-0.2, 0) is 4.84 Å². The van der Waals surface area contributed by atoms with Crippen LogP contribution in [0.1, 0.15) is 58.8 Å². The highest BCUT2D eigenvalue weighted by Crippen LogP contribution is 2.62. The van der Waals surface area contributed by atoms with Gasteiger partial charge in [-0.3, -0.25) is 0 Å². The quantitative estimate of drug-likeness (QED) is 0.759. The summed E-state index contributed by atoms with van der Waals surface area (Å²) in [7, 11) is 0. The van der Waals surface area contributed by atoms with E-state index < -0.39 is 0 Å². The molecule has 4 rings (SSSR count). The Balaban J connectivity index is 1.74. The van der Waals surface area contributed by atoms with E-state index in [2.05, 4.69) is 13.8 Å². The third-order valence-corrected chi connectivity index (χ3v) is 5.49. The minimum Gasteiger partial charge on any atom is -0.304 e. The molecular weight excluding hydrogens is 210 g/mol. The third kappa shape index (κ3) is 2.26. The number of hydrogen-bond acceptors (Lipinski definition) is 2. The first kappa shape index (κ1) is 12.0. The standard InChI is InChI=1S/C15H27NO/c1-14(2,10-17-16)9-15-6-11-3-12(7-15)5-13(4-11)8-15/h11-13H,3-10,16H2,1-2H3. The SMILES string of the molecule is CC(C)(CON)CC12CC3CC(CC(C3)C1)C2. The molecule has 0 aromatic rings. The Labute approximate surface area is 105 Å². The van der Waals surface area contributed by atoms with E-state index in [4.69, 9.17) is 10.7 Å². The first-order valence-electron chi connectivity index (χ1n) is 7.32. The van der Waals surface area contributed by atoms with Crippen LogP contribution in [-0.4, -0.2) is 6.61 Å². The molecule has 2 N–H and O–H groups in total. The van der Waals surface area contributed by atoms with Crippen LogP contribution in [0.15, 0.2) is 0 Å². The van der Waals surface area contributed by atoms with Crippen molar-refractivity contribution >= 4 is 0 Å². The van der Waals surface area contributed by atoms with Crippen LogP contribution >= 0.6 is 0 Å². The smallest absolute Gasteiger partial charge is 0.0730 e. The van der Waals surface area contributed by atoms with Gasteiger partial charge in [0.25, 0.3) is 0 Å². The van der Waals surface area contributed by atoms with Crippen LogP contribution in [0.5, 0.6) is 0 Å². The molecule has 0 unspecified atom stereocenters. The summed E-state index contributed by atoms with van der Waals surface area (Å²) in [6, 6.07) is 0. The lowest BCUT2D eigenvalue weighted by molar-refractivity contribution is -0.0849. The van der Waals surface area contributed by atoms with Crippen molar-refractivity contribution in [1.29, 1.82) is 0 Å². The van der Waals surface area contributed by atoms with Crippen molar-refractivity contribution in [3.05, 3.63) is 0 Å². The van der Waals surface area contributed by atoms with Gasteiger partial charge in [-0.05, 0) is 73.5 Å². The van der Waals surface area contributed by atoms with Gasteiger partial charge in [-0.1, -0.05) is 13.8 Å². The molecule has 0 aromatic heterocycles. The molecule has 0 heterocycles. The maximum Gasteiger partial charge on any atom is 0.0730 e. The Hall–Kier alpha value is -0.0800. The van der Waals surface area contributed by atoms with E-state index in [1.165, 1.54) is 44.9 Å². The molecule has 0 atom stereocenters. The van der Waals surface area contributed by atoms with Gasteiger partial charge in [0.1, 0.15) is 0 Å². The van der Waals surface area contributed by atoms with Crippen molar-refractivity contribution in [2.45, 2.75) is 58.8 Å². The minimum atomic E-state index is 0.250. The molecule has 0 spiro atoms. The lowest BCUT2D eigenvalue weighted by Crippen LogP contribution is -2.48. The van der Waals surface area contributed by atoms with Crippen LogP contribution < -0.4 is 5.90 Å². The van der Waals surface area contributed by atoms with Gasteiger partial charge in [0.2, 0.25) is 0 Å². The number of rotatable bonds is 4. The summed E-state index contributed by atoms with van der Waals surface area (Å²) in [5.41, 5.74) is 0.900. The van der Waals surface area contributed by atoms with Crippen LogP contribution in [0.4, 0.5) is 0 Å². The van der Waals surface area contributed by atoms with Gasteiger partial charge in [0, 0.05) is 0 Å². The molecule has 2 heteroatoms. The van der Waals surface area contributed by atoms with Crippen molar-refractivity contribution in [1.82, 2.24) is 0 Å². The Morgan fingerprint density at radius 3 is 1.94 bits per heavy atom. The average Bonchev–Trinajstić information content (AvgIpc) is 2.11. The molecule has 4 aliphatic carbocycles. The van der Waals surface area contributed by atoms with Gasteiger partial charge < -0.3 is 4.84 Å². The molecule has 4 fully saturated rings. The summed E-state index contributed by atoms with van der Waals surface area (Å²) in [6.45, 7) is 5.34. The number of nitrogens with two attached hydrogens (primary N) is 1. The molecule has 98 valence electrons. The molecular formula is C15H27NO. The fourth-order valence-electron chi connectivity index (χ4n) is 5.80. The second-order valence-corrected chi connectivity index (χ2v) is 8.07. The normalized spacial score (nSPS) is 44.3. The molecule has 2 nitrogen and oxygen atoms in total. The summed E-state index contributed by atoms with van der Waals surface area (Å²) >= 11 is 0. The Bertz CT molecular complexity index is 262. The van der Waals surface area contributed by atoms with Crippen molar-refractivity contribution in [2.75, 3.05) is 6.61 Å². The lowest BCUT2D eigenvalue weighted by Gasteiger charge is -2.58. The summed E-state index contributed by atoms with van der Waals surface area (Å²) in [5.74, 6) is 8.44. The lowest BCUT2D eigenvalue weighted by atomic mass is 9.47. The third-order valence-electron chi connectivity index (χ3n) is 5.49. The first-order chi connectivity index (χ1) is 8.00. The first-order valence-corrected chi connectivity index (χ1v) is 7.32. The predicted octanol–water partition coefficient (Wildman–Crippen LogP) is 3.51. The summed E-state index contributed by atoms with van der Waals surface area (Å²) < 4.78 is 0. The van der Waals surface area contributed by atoms with E-state index in [-0.39, 0.29) is 5.41 Å². The topological polar surface area (TPSA) is 35.2 Å². The minimum absolute atomic E-state index is 0.250. The molecule has 0 radical (unpaired) electrons. The molecule has 4 aliphatic rings. The zero-order valence-corrected chi connectivity index (χ0v) is 11.4. The largest absolute Gasteiger partial charge is 0.304 e. The van der Waals surface area contributed by atoms with Gasteiger partial charge in [-0.25, -0.2) is 5.90 Å². The van der Waals surface area contributed by atoms with E-state index >= 15 is 0 Å². The fraction of sp³-hybridized carbons (Fsp3) is 1.00. The van der Waals surface area contributed by atoms with E-state index in [0.717, 1.165) is 17.8 Å². The average molecular weight is 237 g/mol. The van der Waals surface area contributed by atoms with Gasteiger partial charge in [0.15, 0.2) is 0 Å². The summed E-state index contributed by atoms with van der Waals surface area (Å²) in [5, 5.41) is 0. The monoisotopic (exact) mass is 237 g/mol. The van der Waals surface area contributed by atoms with E-state index in [9.17, 15) is 0 Å². The summed E-state index contributed by atoms with van der Waals surface area (Å²) in [4.78, 5) is 4.92. The summed E-state index contributed by atoms with van der Waals surface area (Å²) in [6.07, 6.45) is 10.4. The highest BCUT2D eigenvalue weighted by atomic mass is 16.6. The molecule has 4 bridgehead atoms. The molecule has 0 aliphatic heterocycles. The van der Waals surface area contributed by atoms with Gasteiger partial charge in [0.05, 0.1) is 6.61 Å². The fourth-order valence-corrected chi connectivity index (χ4v) is 5.80. The molecule has 0 amide bonds. The molecule has 17 heavy (non-hydrogen) atoms. The van der Waals surface area contributed by atoms with Crippen LogP contribution in [0.2, 0.25) is 0 Å². The highest BCUT2D eigenvalue weighted by molar-refractivity contribution is 5.02. The van der Waals surface area contributed by atoms with Crippen molar-refractivity contribution in [2.24, 2.45) is 34.5 Å². The van der Waals surface area contributed by atoms with Gasteiger partial charge in [-0.2, -0.15) is 0 Å². The van der Waals surface area contributed by atoms with Crippen LogP contribution in [0.3, 0.4) is 0 Å². The van der Waals surface area contributed by atoms with Gasteiger partial charge in [-0.15, -0.1) is 0 Å². The highest BCUT2D eigenvalue weighted by Gasteiger charge is 2.52. The zero-order chi connectivity index (χ0) is 12.1. The maximum atomic E-state index is 5.28. The van der Waals surface area contributed by atoms with E-state index in [0.29, 0.717) is 12.0 Å². The second-order valence-electron chi connectivity index (χ2n) is 8.07.